The maximum atomic E-state index is 13.9. The van der Waals surface area contributed by atoms with Crippen LogP contribution >= 0.6 is 0 Å². The predicted molar refractivity (Wildman–Crippen MR) is 109 cm³/mol. The Morgan fingerprint density at radius 3 is 2.30 bits per heavy atom. The van der Waals surface area contributed by atoms with E-state index >= 15 is 0 Å². The molecule has 2 aromatic rings. The number of carbonyl (C=O) groups is 1. The highest BCUT2D eigenvalue weighted by Crippen LogP contribution is 2.31. The lowest BCUT2D eigenvalue weighted by Crippen LogP contribution is -2.38. The first kappa shape index (κ1) is 21.7. The van der Waals surface area contributed by atoms with Crippen LogP contribution in [0.15, 0.2) is 30.3 Å². The number of aryl methyl sites for hydroxylation is 1. The Morgan fingerprint density at radius 1 is 1.17 bits per heavy atom. The number of halogens is 2. The van der Waals surface area contributed by atoms with Crippen molar-refractivity contribution in [2.75, 3.05) is 24.1 Å². The van der Waals surface area contributed by atoms with E-state index in [1.807, 2.05) is 0 Å². The number of amides is 1. The number of hydrogen-bond acceptors (Lipinski definition) is 4. The van der Waals surface area contributed by atoms with Gasteiger partial charge in [-0.15, -0.1) is 0 Å². The van der Waals surface area contributed by atoms with Crippen LogP contribution in [0.25, 0.3) is 0 Å². The second-order valence-electron chi connectivity index (χ2n) is 7.44. The van der Waals surface area contributed by atoms with Crippen molar-refractivity contribution in [1.82, 2.24) is 4.90 Å². The van der Waals surface area contributed by atoms with Crippen LogP contribution < -0.4 is 4.72 Å². The minimum Gasteiger partial charge on any atom is -0.339 e. The number of rotatable bonds is 4. The molecule has 9 heteroatoms. The summed E-state index contributed by atoms with van der Waals surface area (Å²) < 4.78 is 53.2. The van der Waals surface area contributed by atoms with Gasteiger partial charge < -0.3 is 4.90 Å². The van der Waals surface area contributed by atoms with Crippen LogP contribution in [-0.4, -0.2) is 38.6 Å². The third kappa shape index (κ3) is 4.76. The molecule has 0 radical (unpaired) electrons. The van der Waals surface area contributed by atoms with Crippen molar-refractivity contribution >= 4 is 21.6 Å². The van der Waals surface area contributed by atoms with E-state index in [0.717, 1.165) is 6.26 Å². The van der Waals surface area contributed by atoms with Crippen molar-refractivity contribution in [2.24, 2.45) is 0 Å². The van der Waals surface area contributed by atoms with Crippen molar-refractivity contribution in [3.05, 3.63) is 64.2 Å². The van der Waals surface area contributed by atoms with Crippen LogP contribution in [-0.2, 0) is 10.0 Å². The standard InChI is InChI=1S/C21H21F2N3O3S/c1-13-3-4-15(11-20(13)25-30(2,28)29)21(27)26-7-5-14(6-8-26)16-9-18(22)17(12-24)19(23)10-16/h3-4,9-11,14,25H,5-8H2,1-2H3. The minimum atomic E-state index is -3.47. The summed E-state index contributed by atoms with van der Waals surface area (Å²) in [4.78, 5) is 14.5. The first-order valence-electron chi connectivity index (χ1n) is 9.36. The van der Waals surface area contributed by atoms with E-state index in [2.05, 4.69) is 4.72 Å². The summed E-state index contributed by atoms with van der Waals surface area (Å²) >= 11 is 0. The van der Waals surface area contributed by atoms with Gasteiger partial charge in [0.1, 0.15) is 23.3 Å². The molecule has 1 heterocycles. The zero-order valence-electron chi connectivity index (χ0n) is 16.6. The Hall–Kier alpha value is -2.99. The highest BCUT2D eigenvalue weighted by atomic mass is 32.2. The fraction of sp³-hybridized carbons (Fsp3) is 0.333. The van der Waals surface area contributed by atoms with Gasteiger partial charge >= 0.3 is 0 Å². The lowest BCUT2D eigenvalue weighted by atomic mass is 9.88. The van der Waals surface area contributed by atoms with E-state index < -0.39 is 27.2 Å². The third-order valence-electron chi connectivity index (χ3n) is 5.21. The van der Waals surface area contributed by atoms with E-state index in [9.17, 15) is 22.0 Å². The first-order chi connectivity index (χ1) is 14.1. The molecule has 0 aliphatic carbocycles. The van der Waals surface area contributed by atoms with Gasteiger partial charge in [-0.3, -0.25) is 9.52 Å². The van der Waals surface area contributed by atoms with E-state index in [0.29, 0.717) is 48.3 Å². The van der Waals surface area contributed by atoms with Crippen LogP contribution in [0.5, 0.6) is 0 Å². The molecule has 0 saturated carbocycles. The monoisotopic (exact) mass is 433 g/mol. The molecular formula is C21H21F2N3O3S. The zero-order valence-corrected chi connectivity index (χ0v) is 17.4. The Bertz CT molecular complexity index is 1110. The summed E-state index contributed by atoms with van der Waals surface area (Å²) in [5.41, 5.74) is 1.29. The molecule has 1 fully saturated rings. The Kier molecular flexibility index (Phi) is 6.08. The van der Waals surface area contributed by atoms with Gasteiger partial charge in [-0.1, -0.05) is 6.07 Å². The smallest absolute Gasteiger partial charge is 0.253 e. The molecule has 1 N–H and O–H groups in total. The number of nitrogens with one attached hydrogen (secondary N) is 1. The molecule has 0 spiro atoms. The van der Waals surface area contributed by atoms with Crippen molar-refractivity contribution in [1.29, 1.82) is 5.26 Å². The molecule has 0 bridgehead atoms. The predicted octanol–water partition coefficient (Wildman–Crippen LogP) is 3.54. The van der Waals surface area contributed by atoms with Crippen LogP contribution in [0, 0.1) is 29.9 Å². The van der Waals surface area contributed by atoms with Crippen LogP contribution in [0.1, 0.15) is 45.8 Å². The van der Waals surface area contributed by atoms with Gasteiger partial charge in [0.2, 0.25) is 10.0 Å². The molecule has 2 aromatic carbocycles. The van der Waals surface area contributed by atoms with E-state index in [-0.39, 0.29) is 11.8 Å². The molecule has 30 heavy (non-hydrogen) atoms. The quantitative estimate of drug-likeness (QED) is 0.799. The number of likely N-dealkylation sites (tertiary alicyclic amines) is 1. The molecule has 0 aromatic heterocycles. The van der Waals surface area contributed by atoms with Crippen molar-refractivity contribution in [2.45, 2.75) is 25.7 Å². The van der Waals surface area contributed by atoms with E-state index in [1.165, 1.54) is 24.3 Å². The number of nitrogens with zero attached hydrogens (tertiary/aromatic N) is 2. The summed E-state index contributed by atoms with van der Waals surface area (Å²) in [6.07, 6.45) is 2.09. The lowest BCUT2D eigenvalue weighted by molar-refractivity contribution is 0.0713. The second kappa shape index (κ2) is 8.40. The lowest BCUT2D eigenvalue weighted by Gasteiger charge is -2.32. The first-order valence-corrected chi connectivity index (χ1v) is 11.2. The number of nitriles is 1. The topological polar surface area (TPSA) is 90.3 Å². The number of anilines is 1. The van der Waals surface area contributed by atoms with Gasteiger partial charge in [0, 0.05) is 18.7 Å². The van der Waals surface area contributed by atoms with Crippen molar-refractivity contribution in [3.8, 4) is 6.07 Å². The van der Waals surface area contributed by atoms with Crippen LogP contribution in [0.2, 0.25) is 0 Å². The summed E-state index contributed by atoms with van der Waals surface area (Å²) in [6, 6.07) is 8.71. The van der Waals surface area contributed by atoms with Gasteiger partial charge in [0.25, 0.3) is 5.91 Å². The van der Waals surface area contributed by atoms with Crippen molar-refractivity contribution in [3.63, 3.8) is 0 Å². The fourth-order valence-corrected chi connectivity index (χ4v) is 4.22. The highest BCUT2D eigenvalue weighted by Gasteiger charge is 2.26. The largest absolute Gasteiger partial charge is 0.339 e. The third-order valence-corrected chi connectivity index (χ3v) is 5.80. The van der Waals surface area contributed by atoms with Gasteiger partial charge in [-0.2, -0.15) is 5.26 Å². The SMILES string of the molecule is Cc1ccc(C(=O)N2CCC(c3cc(F)c(C#N)c(F)c3)CC2)cc1NS(C)(=O)=O. The average Bonchev–Trinajstić information content (AvgIpc) is 2.68. The number of hydrogen-bond donors (Lipinski definition) is 1. The van der Waals surface area contributed by atoms with Crippen molar-refractivity contribution < 1.29 is 22.0 Å². The molecule has 1 amide bonds. The number of benzene rings is 2. The van der Waals surface area contributed by atoms with E-state index in [4.69, 9.17) is 5.26 Å². The normalized spacial score (nSPS) is 15.0. The molecule has 0 atom stereocenters. The Labute approximate surface area is 174 Å². The van der Waals surface area contributed by atoms with Gasteiger partial charge in [-0.25, -0.2) is 17.2 Å². The van der Waals surface area contributed by atoms with E-state index in [1.54, 1.807) is 24.0 Å². The number of carbonyl (C=O) groups excluding carboxylic acids is 1. The molecule has 6 nitrogen and oxygen atoms in total. The zero-order chi connectivity index (χ0) is 22.1. The Balaban J connectivity index is 1.72. The Morgan fingerprint density at radius 2 is 1.77 bits per heavy atom. The summed E-state index contributed by atoms with van der Waals surface area (Å²) in [5, 5.41) is 8.79. The van der Waals surface area contributed by atoms with Gasteiger partial charge in [-0.05, 0) is 61.1 Å². The summed E-state index contributed by atoms with van der Waals surface area (Å²) in [6.45, 7) is 2.54. The molecule has 158 valence electrons. The maximum absolute atomic E-state index is 13.9. The molecule has 1 saturated heterocycles. The number of sulfonamides is 1. The van der Waals surface area contributed by atoms with Gasteiger partial charge in [0.15, 0.2) is 0 Å². The summed E-state index contributed by atoms with van der Waals surface area (Å²) in [7, 11) is -3.47. The van der Waals surface area contributed by atoms with Crippen LogP contribution in [0.3, 0.4) is 0 Å². The maximum Gasteiger partial charge on any atom is 0.253 e. The molecule has 0 unspecified atom stereocenters. The fourth-order valence-electron chi connectivity index (χ4n) is 3.60. The average molecular weight is 433 g/mol. The minimum absolute atomic E-state index is 0.119. The molecular weight excluding hydrogens is 412 g/mol. The molecule has 1 aliphatic heterocycles. The number of piperidine rings is 1. The second-order valence-corrected chi connectivity index (χ2v) is 9.19. The summed E-state index contributed by atoms with van der Waals surface area (Å²) in [5.74, 6) is -2.11. The molecule has 3 rings (SSSR count). The van der Waals surface area contributed by atoms with Gasteiger partial charge in [0.05, 0.1) is 11.9 Å². The highest BCUT2D eigenvalue weighted by molar-refractivity contribution is 7.92. The van der Waals surface area contributed by atoms with Crippen LogP contribution in [0.4, 0.5) is 14.5 Å². The molecule has 1 aliphatic rings.